The summed E-state index contributed by atoms with van der Waals surface area (Å²) in [6.45, 7) is 0. The van der Waals surface area contributed by atoms with Crippen LogP contribution >= 0.6 is 11.8 Å². The van der Waals surface area contributed by atoms with Crippen molar-refractivity contribution in [2.45, 2.75) is 17.3 Å². The van der Waals surface area contributed by atoms with E-state index in [1.807, 2.05) is 30.5 Å². The van der Waals surface area contributed by atoms with Gasteiger partial charge in [-0.2, -0.15) is 4.98 Å². The highest BCUT2D eigenvalue weighted by atomic mass is 32.2. The smallest absolute Gasteiger partial charge is 0.227 e. The van der Waals surface area contributed by atoms with Crippen molar-refractivity contribution in [3.63, 3.8) is 0 Å². The lowest BCUT2D eigenvalue weighted by molar-refractivity contribution is 0.218. The van der Waals surface area contributed by atoms with E-state index in [0.717, 1.165) is 22.4 Å². The van der Waals surface area contributed by atoms with Crippen molar-refractivity contribution in [3.05, 3.63) is 107 Å². The third-order valence-electron chi connectivity index (χ3n) is 5.92. The van der Waals surface area contributed by atoms with Gasteiger partial charge in [-0.05, 0) is 42.2 Å². The summed E-state index contributed by atoms with van der Waals surface area (Å²) in [4.78, 5) is 4.62. The van der Waals surface area contributed by atoms with Gasteiger partial charge in [-0.3, -0.25) is 0 Å². The van der Waals surface area contributed by atoms with Crippen LogP contribution in [0.1, 0.15) is 28.8 Å². The van der Waals surface area contributed by atoms with Crippen LogP contribution < -0.4 is 10.1 Å². The Kier molecular flexibility index (Phi) is 4.69. The number of ether oxygens (including phenoxy) is 1. The van der Waals surface area contributed by atoms with Crippen LogP contribution in [0.25, 0.3) is 5.70 Å². The van der Waals surface area contributed by atoms with Crippen LogP contribution in [-0.2, 0) is 0 Å². The lowest BCUT2D eigenvalue weighted by Crippen LogP contribution is -2.32. The van der Waals surface area contributed by atoms with E-state index in [4.69, 9.17) is 4.74 Å². The number of aromatic nitrogens is 3. The topological polar surface area (TPSA) is 52.0 Å². The zero-order chi connectivity index (χ0) is 22.5. The monoisotopic (exact) mass is 460 g/mol. The molecule has 2 aliphatic heterocycles. The molecule has 0 bridgehead atoms. The summed E-state index contributed by atoms with van der Waals surface area (Å²) in [7, 11) is 0. The van der Waals surface area contributed by atoms with Crippen LogP contribution in [0.15, 0.2) is 83.5 Å². The molecule has 0 unspecified atom stereocenters. The first-order valence-electron chi connectivity index (χ1n) is 10.4. The number of thioether (sulfide) groups is 1. The molecule has 8 heteroatoms. The minimum absolute atomic E-state index is 0.332. The maximum Gasteiger partial charge on any atom is 0.227 e. The normalized spacial score (nSPS) is 18.6. The molecule has 1 N–H and O–H groups in total. The molecule has 33 heavy (non-hydrogen) atoms. The van der Waals surface area contributed by atoms with E-state index in [9.17, 15) is 4.39 Å². The SMILES string of the molecule is CSc1nc2n(n1)[C@H](c1ccc(F)cc1)C1=C(N2)c2ccccc2O[C@@H]1c1ccccc1F. The maximum atomic E-state index is 15.0. The van der Waals surface area contributed by atoms with Crippen molar-refractivity contribution < 1.29 is 13.5 Å². The average molecular weight is 461 g/mol. The molecule has 4 aromatic rings. The van der Waals surface area contributed by atoms with Gasteiger partial charge in [-0.15, -0.1) is 5.10 Å². The highest BCUT2D eigenvalue weighted by molar-refractivity contribution is 7.98. The third kappa shape index (κ3) is 3.21. The second-order valence-corrected chi connectivity index (χ2v) is 8.57. The van der Waals surface area contributed by atoms with E-state index in [-0.39, 0.29) is 11.6 Å². The highest BCUT2D eigenvalue weighted by Gasteiger charge is 2.42. The minimum atomic E-state index is -0.714. The number of benzene rings is 3. The molecule has 2 atom stereocenters. The molecule has 0 saturated carbocycles. The number of hydrogen-bond acceptors (Lipinski definition) is 5. The molecule has 0 amide bonds. The average Bonchev–Trinajstić information content (AvgIpc) is 3.26. The van der Waals surface area contributed by atoms with Gasteiger partial charge in [0.05, 0.1) is 5.70 Å². The van der Waals surface area contributed by atoms with Gasteiger partial charge in [-0.25, -0.2) is 13.5 Å². The predicted molar refractivity (Wildman–Crippen MR) is 123 cm³/mol. The molecule has 0 fully saturated rings. The van der Waals surface area contributed by atoms with E-state index in [2.05, 4.69) is 15.4 Å². The van der Waals surface area contributed by atoms with Gasteiger partial charge in [0.25, 0.3) is 0 Å². The van der Waals surface area contributed by atoms with Gasteiger partial charge in [0.2, 0.25) is 11.1 Å². The Morgan fingerprint density at radius 3 is 2.52 bits per heavy atom. The van der Waals surface area contributed by atoms with Crippen molar-refractivity contribution in [2.24, 2.45) is 0 Å². The zero-order valence-electron chi connectivity index (χ0n) is 17.5. The number of fused-ring (bicyclic) bond motifs is 3. The molecule has 5 nitrogen and oxygen atoms in total. The molecule has 3 aromatic carbocycles. The summed E-state index contributed by atoms with van der Waals surface area (Å²) in [5.41, 5.74) is 3.66. The van der Waals surface area contributed by atoms with Gasteiger partial charge in [0.15, 0.2) is 6.10 Å². The lowest BCUT2D eigenvalue weighted by Gasteiger charge is -2.38. The van der Waals surface area contributed by atoms with Crippen LogP contribution in [-0.4, -0.2) is 21.0 Å². The van der Waals surface area contributed by atoms with Gasteiger partial charge in [0.1, 0.15) is 23.4 Å². The standard InChI is InChI=1S/C25H18F2N4OS/c1-33-25-29-24-28-21-17-7-3-5-9-19(17)32-23(16-6-2-4-8-18(16)27)20(21)22(31(24)30-25)14-10-12-15(26)13-11-14/h2-13,22-23H,1H3,(H,28,29,30)/t22-,23-/m1/s1. The van der Waals surface area contributed by atoms with Gasteiger partial charge in [0, 0.05) is 16.7 Å². The van der Waals surface area contributed by atoms with Gasteiger partial charge < -0.3 is 10.1 Å². The van der Waals surface area contributed by atoms with Crippen LogP contribution in [0, 0.1) is 11.6 Å². The van der Waals surface area contributed by atoms with E-state index in [1.165, 1.54) is 30.0 Å². The van der Waals surface area contributed by atoms with Crippen molar-refractivity contribution in [3.8, 4) is 5.75 Å². The summed E-state index contributed by atoms with van der Waals surface area (Å²) in [5.74, 6) is 0.520. The summed E-state index contributed by atoms with van der Waals surface area (Å²) < 4.78 is 37.0. The zero-order valence-corrected chi connectivity index (χ0v) is 18.3. The Morgan fingerprint density at radius 2 is 1.73 bits per heavy atom. The number of para-hydroxylation sites is 1. The first-order valence-corrected chi connectivity index (χ1v) is 11.6. The molecule has 2 aliphatic rings. The fraction of sp³-hybridized carbons (Fsp3) is 0.120. The van der Waals surface area contributed by atoms with Crippen molar-refractivity contribution in [1.82, 2.24) is 14.8 Å². The second-order valence-electron chi connectivity index (χ2n) is 7.79. The Balaban J connectivity index is 1.65. The van der Waals surface area contributed by atoms with E-state index >= 15 is 4.39 Å². The minimum Gasteiger partial charge on any atom is -0.480 e. The van der Waals surface area contributed by atoms with Gasteiger partial charge >= 0.3 is 0 Å². The summed E-state index contributed by atoms with van der Waals surface area (Å²) in [5, 5.41) is 8.69. The molecule has 164 valence electrons. The first kappa shape index (κ1) is 20.0. The second kappa shape index (κ2) is 7.74. The van der Waals surface area contributed by atoms with Crippen molar-refractivity contribution in [2.75, 3.05) is 11.6 Å². The summed E-state index contributed by atoms with van der Waals surface area (Å²) in [6, 6.07) is 20.0. The Labute approximate surface area is 193 Å². The van der Waals surface area contributed by atoms with Crippen LogP contribution in [0.3, 0.4) is 0 Å². The van der Waals surface area contributed by atoms with Crippen LogP contribution in [0.5, 0.6) is 5.75 Å². The Hall–Kier alpha value is -3.65. The highest BCUT2D eigenvalue weighted by Crippen LogP contribution is 2.51. The molecule has 1 aromatic heterocycles. The number of nitrogens with one attached hydrogen (secondary N) is 1. The largest absolute Gasteiger partial charge is 0.480 e. The maximum absolute atomic E-state index is 15.0. The summed E-state index contributed by atoms with van der Waals surface area (Å²) >= 11 is 1.43. The third-order valence-corrected chi connectivity index (χ3v) is 6.45. The van der Waals surface area contributed by atoms with E-state index < -0.39 is 12.1 Å². The van der Waals surface area contributed by atoms with E-state index in [0.29, 0.717) is 22.4 Å². The molecule has 0 saturated heterocycles. The fourth-order valence-corrected chi connectivity index (χ4v) is 4.80. The molecular formula is C25H18F2N4OS. The molecular weight excluding hydrogens is 442 g/mol. The molecule has 6 rings (SSSR count). The number of anilines is 1. The quantitative estimate of drug-likeness (QED) is 0.390. The number of nitrogens with zero attached hydrogens (tertiary/aromatic N) is 3. The molecule has 0 spiro atoms. The number of rotatable bonds is 3. The Bertz CT molecular complexity index is 1400. The van der Waals surface area contributed by atoms with Gasteiger partial charge in [-0.1, -0.05) is 54.2 Å². The molecule has 0 radical (unpaired) electrons. The predicted octanol–water partition coefficient (Wildman–Crippen LogP) is 5.84. The Morgan fingerprint density at radius 1 is 0.970 bits per heavy atom. The van der Waals surface area contributed by atoms with Crippen molar-refractivity contribution in [1.29, 1.82) is 0 Å². The molecule has 0 aliphatic carbocycles. The van der Waals surface area contributed by atoms with Crippen molar-refractivity contribution >= 4 is 23.4 Å². The lowest BCUT2D eigenvalue weighted by atomic mass is 9.84. The molecule has 3 heterocycles. The first-order chi connectivity index (χ1) is 16.1. The number of hydrogen-bond donors (Lipinski definition) is 1. The van der Waals surface area contributed by atoms with Crippen LogP contribution in [0.4, 0.5) is 14.7 Å². The van der Waals surface area contributed by atoms with Crippen LogP contribution in [0.2, 0.25) is 0 Å². The number of halogens is 2. The summed E-state index contributed by atoms with van der Waals surface area (Å²) in [6.07, 6.45) is 1.19. The van der Waals surface area contributed by atoms with E-state index in [1.54, 1.807) is 35.0 Å². The fourth-order valence-electron chi connectivity index (χ4n) is 4.46.